The van der Waals surface area contributed by atoms with Gasteiger partial charge in [-0.15, -0.1) is 0 Å². The Hall–Kier alpha value is -0.770. The number of carbonyl (C=O) groups excluding carboxylic acids is 1. The maximum Gasteiger partial charge on any atom is 0.341 e. The summed E-state index contributed by atoms with van der Waals surface area (Å²) in [5, 5.41) is 9.32. The highest BCUT2D eigenvalue weighted by molar-refractivity contribution is 6.39. The van der Waals surface area contributed by atoms with Gasteiger partial charge in [0.2, 0.25) is 0 Å². The highest BCUT2D eigenvalue weighted by atomic mass is 35.5. The molecule has 0 saturated heterocycles. The monoisotopic (exact) mass is 276 g/mol. The Bertz CT molecular complexity index is 413. The van der Waals surface area contributed by atoms with Crippen LogP contribution in [0, 0.1) is 0 Å². The molecule has 17 heavy (non-hydrogen) atoms. The SMILES string of the molecule is CC(C)(C)OC(=O)c1c(Cl)cc(CO)cc1Cl. The average Bonchev–Trinajstić information content (AvgIpc) is 2.13. The number of hydrogen-bond donors (Lipinski definition) is 1. The van der Waals surface area contributed by atoms with Crippen molar-refractivity contribution in [2.45, 2.75) is 33.0 Å². The maximum absolute atomic E-state index is 11.8. The van der Waals surface area contributed by atoms with Crippen molar-refractivity contribution < 1.29 is 14.6 Å². The van der Waals surface area contributed by atoms with Crippen LogP contribution >= 0.6 is 23.2 Å². The molecule has 1 aromatic rings. The molecule has 1 rings (SSSR count). The van der Waals surface area contributed by atoms with E-state index < -0.39 is 11.6 Å². The van der Waals surface area contributed by atoms with Crippen LogP contribution in [0.15, 0.2) is 12.1 Å². The first kappa shape index (κ1) is 14.3. The van der Waals surface area contributed by atoms with Gasteiger partial charge in [0.15, 0.2) is 0 Å². The van der Waals surface area contributed by atoms with E-state index in [2.05, 4.69) is 0 Å². The largest absolute Gasteiger partial charge is 0.456 e. The Morgan fingerprint density at radius 1 is 1.29 bits per heavy atom. The Morgan fingerprint density at radius 2 is 1.76 bits per heavy atom. The molecule has 0 aliphatic rings. The van der Waals surface area contributed by atoms with E-state index in [1.54, 1.807) is 20.8 Å². The van der Waals surface area contributed by atoms with E-state index in [0.717, 1.165) is 0 Å². The number of rotatable bonds is 2. The number of halogens is 2. The molecule has 0 unspecified atom stereocenters. The molecule has 0 heterocycles. The number of aliphatic hydroxyl groups is 1. The van der Waals surface area contributed by atoms with Crippen molar-refractivity contribution in [3.05, 3.63) is 33.3 Å². The molecule has 0 amide bonds. The number of aliphatic hydroxyl groups excluding tert-OH is 1. The van der Waals surface area contributed by atoms with Crippen LogP contribution in [0.4, 0.5) is 0 Å². The molecule has 0 fully saturated rings. The first-order valence-electron chi connectivity index (χ1n) is 5.06. The van der Waals surface area contributed by atoms with Crippen LogP contribution in [0.3, 0.4) is 0 Å². The second-order valence-electron chi connectivity index (χ2n) is 4.59. The van der Waals surface area contributed by atoms with Gasteiger partial charge in [-0.25, -0.2) is 4.79 Å². The first-order valence-corrected chi connectivity index (χ1v) is 5.82. The number of benzene rings is 1. The van der Waals surface area contributed by atoms with Gasteiger partial charge in [0.05, 0.1) is 22.2 Å². The lowest BCUT2D eigenvalue weighted by molar-refractivity contribution is 0.00699. The van der Waals surface area contributed by atoms with Crippen LogP contribution in [0.2, 0.25) is 10.0 Å². The molecule has 1 aromatic carbocycles. The number of esters is 1. The van der Waals surface area contributed by atoms with Crippen LogP contribution < -0.4 is 0 Å². The summed E-state index contributed by atoms with van der Waals surface area (Å²) in [6.07, 6.45) is 0. The molecule has 0 saturated carbocycles. The van der Waals surface area contributed by atoms with E-state index in [9.17, 15) is 4.79 Å². The second-order valence-corrected chi connectivity index (χ2v) is 5.41. The van der Waals surface area contributed by atoms with Gasteiger partial charge in [-0.2, -0.15) is 0 Å². The van der Waals surface area contributed by atoms with Crippen molar-refractivity contribution in [3.63, 3.8) is 0 Å². The Labute approximate surface area is 110 Å². The number of ether oxygens (including phenoxy) is 1. The summed E-state index contributed by atoms with van der Waals surface area (Å²) in [6, 6.07) is 2.99. The molecule has 0 aliphatic heterocycles. The minimum absolute atomic E-state index is 0.125. The highest BCUT2D eigenvalue weighted by Crippen LogP contribution is 2.28. The number of carbonyl (C=O) groups is 1. The van der Waals surface area contributed by atoms with E-state index in [1.807, 2.05) is 0 Å². The highest BCUT2D eigenvalue weighted by Gasteiger charge is 2.22. The van der Waals surface area contributed by atoms with Gasteiger partial charge in [0.1, 0.15) is 5.60 Å². The van der Waals surface area contributed by atoms with Gasteiger partial charge in [0, 0.05) is 0 Å². The second kappa shape index (κ2) is 5.25. The molecule has 1 N–H and O–H groups in total. The smallest absolute Gasteiger partial charge is 0.341 e. The van der Waals surface area contributed by atoms with E-state index in [-0.39, 0.29) is 22.2 Å². The van der Waals surface area contributed by atoms with E-state index >= 15 is 0 Å². The third kappa shape index (κ3) is 3.87. The minimum atomic E-state index is -0.612. The van der Waals surface area contributed by atoms with E-state index in [1.165, 1.54) is 12.1 Å². The Morgan fingerprint density at radius 3 is 2.12 bits per heavy atom. The van der Waals surface area contributed by atoms with Crippen LogP contribution in [0.25, 0.3) is 0 Å². The molecule has 0 atom stereocenters. The van der Waals surface area contributed by atoms with Crippen molar-refractivity contribution in [2.75, 3.05) is 0 Å². The summed E-state index contributed by atoms with van der Waals surface area (Å²) in [6.45, 7) is 5.09. The normalized spacial score (nSPS) is 11.4. The zero-order valence-corrected chi connectivity index (χ0v) is 11.4. The Kier molecular flexibility index (Phi) is 4.42. The van der Waals surface area contributed by atoms with Crippen molar-refractivity contribution in [1.29, 1.82) is 0 Å². The fraction of sp³-hybridized carbons (Fsp3) is 0.417. The third-order valence-corrected chi connectivity index (χ3v) is 2.48. The maximum atomic E-state index is 11.8. The van der Waals surface area contributed by atoms with Crippen molar-refractivity contribution in [1.82, 2.24) is 0 Å². The first-order chi connectivity index (χ1) is 7.74. The fourth-order valence-electron chi connectivity index (χ4n) is 1.24. The molecule has 0 aliphatic carbocycles. The molecule has 3 nitrogen and oxygen atoms in total. The van der Waals surface area contributed by atoms with Crippen molar-refractivity contribution in [2.24, 2.45) is 0 Å². The van der Waals surface area contributed by atoms with Crippen molar-refractivity contribution >= 4 is 29.2 Å². The lowest BCUT2D eigenvalue weighted by Gasteiger charge is -2.20. The standard InChI is InChI=1S/C12H14Cl2O3/c1-12(2,3)17-11(16)10-8(13)4-7(6-15)5-9(10)14/h4-5,15H,6H2,1-3H3. The zero-order valence-electron chi connectivity index (χ0n) is 9.88. The molecular formula is C12H14Cl2O3. The van der Waals surface area contributed by atoms with Gasteiger partial charge >= 0.3 is 5.97 Å². The molecule has 5 heteroatoms. The van der Waals surface area contributed by atoms with Gasteiger partial charge in [-0.05, 0) is 38.5 Å². The fourth-order valence-corrected chi connectivity index (χ4v) is 1.93. The molecule has 0 aromatic heterocycles. The van der Waals surface area contributed by atoms with Crippen LogP contribution in [-0.4, -0.2) is 16.7 Å². The lowest BCUT2D eigenvalue weighted by Crippen LogP contribution is -2.24. The van der Waals surface area contributed by atoms with Gasteiger partial charge < -0.3 is 9.84 Å². The number of hydrogen-bond acceptors (Lipinski definition) is 3. The third-order valence-electron chi connectivity index (χ3n) is 1.89. The quantitative estimate of drug-likeness (QED) is 0.842. The predicted octanol–water partition coefficient (Wildman–Crippen LogP) is 3.44. The van der Waals surface area contributed by atoms with E-state index in [0.29, 0.717) is 5.56 Å². The average molecular weight is 277 g/mol. The summed E-state index contributed by atoms with van der Waals surface area (Å²) in [4.78, 5) is 11.8. The van der Waals surface area contributed by atoms with Crippen LogP contribution in [0.1, 0.15) is 36.7 Å². The predicted molar refractivity (Wildman–Crippen MR) is 67.6 cm³/mol. The minimum Gasteiger partial charge on any atom is -0.456 e. The summed E-state index contributed by atoms with van der Waals surface area (Å²) < 4.78 is 5.19. The molecule has 0 bridgehead atoms. The van der Waals surface area contributed by atoms with Gasteiger partial charge in [-0.3, -0.25) is 0 Å². The van der Waals surface area contributed by atoms with Crippen LogP contribution in [0.5, 0.6) is 0 Å². The summed E-state index contributed by atoms with van der Waals surface area (Å²) in [5.74, 6) is -0.572. The van der Waals surface area contributed by atoms with Gasteiger partial charge in [-0.1, -0.05) is 23.2 Å². The van der Waals surface area contributed by atoms with Gasteiger partial charge in [0.25, 0.3) is 0 Å². The molecular weight excluding hydrogens is 263 g/mol. The van der Waals surface area contributed by atoms with Crippen molar-refractivity contribution in [3.8, 4) is 0 Å². The molecule has 0 spiro atoms. The molecule has 0 radical (unpaired) electrons. The Balaban J connectivity index is 3.10. The summed E-state index contributed by atoms with van der Waals surface area (Å²) >= 11 is 11.9. The zero-order chi connectivity index (χ0) is 13.2. The van der Waals surface area contributed by atoms with E-state index in [4.69, 9.17) is 33.0 Å². The molecule has 94 valence electrons. The topological polar surface area (TPSA) is 46.5 Å². The van der Waals surface area contributed by atoms with Crippen LogP contribution in [-0.2, 0) is 11.3 Å². The summed E-state index contributed by atoms with van der Waals surface area (Å²) in [7, 11) is 0. The lowest BCUT2D eigenvalue weighted by atomic mass is 10.1. The summed E-state index contributed by atoms with van der Waals surface area (Å²) in [5.41, 5.74) is 0.0621.